The lowest BCUT2D eigenvalue weighted by Gasteiger charge is -2.08. The van der Waals surface area contributed by atoms with Gasteiger partial charge in [-0.25, -0.2) is 9.78 Å². The highest BCUT2D eigenvalue weighted by Crippen LogP contribution is 2.20. The third-order valence-corrected chi connectivity index (χ3v) is 2.41. The number of hydrogen-bond donors (Lipinski definition) is 2. The molecule has 1 heterocycles. The van der Waals surface area contributed by atoms with Crippen molar-refractivity contribution >= 4 is 23.2 Å². The molecule has 0 bridgehead atoms. The van der Waals surface area contributed by atoms with Crippen molar-refractivity contribution in [1.29, 1.82) is 0 Å². The van der Waals surface area contributed by atoms with Crippen molar-refractivity contribution in [2.24, 2.45) is 0 Å². The van der Waals surface area contributed by atoms with Crippen molar-refractivity contribution in [3.05, 3.63) is 48.2 Å². The lowest BCUT2D eigenvalue weighted by molar-refractivity contribution is 0.0601. The van der Waals surface area contributed by atoms with E-state index in [1.165, 1.54) is 7.11 Å². The maximum absolute atomic E-state index is 11.3. The van der Waals surface area contributed by atoms with Crippen LogP contribution in [0.25, 0.3) is 0 Å². The van der Waals surface area contributed by atoms with Crippen LogP contribution in [0, 0.1) is 0 Å². The molecular formula is C13H13N3O2. The van der Waals surface area contributed by atoms with Gasteiger partial charge in [-0.15, -0.1) is 0 Å². The standard InChI is InChI=1S/C13H13N3O2/c1-18-13(17)9-4-6-10(7-5-9)16-12-11(14)3-2-8-15-12/h2-8H,14H2,1H3,(H,15,16). The second kappa shape index (κ2) is 5.18. The molecule has 0 aliphatic carbocycles. The average Bonchev–Trinajstić information content (AvgIpc) is 2.41. The van der Waals surface area contributed by atoms with Crippen LogP contribution in [0.2, 0.25) is 0 Å². The molecule has 0 spiro atoms. The topological polar surface area (TPSA) is 77.2 Å². The van der Waals surface area contributed by atoms with Crippen LogP contribution in [-0.2, 0) is 4.74 Å². The maximum Gasteiger partial charge on any atom is 0.337 e. The van der Waals surface area contributed by atoms with E-state index in [1.807, 2.05) is 0 Å². The quantitative estimate of drug-likeness (QED) is 0.808. The number of anilines is 3. The van der Waals surface area contributed by atoms with Gasteiger partial charge < -0.3 is 15.8 Å². The summed E-state index contributed by atoms with van der Waals surface area (Å²) in [5.41, 5.74) is 7.63. The number of nitrogen functional groups attached to an aromatic ring is 1. The number of methoxy groups -OCH3 is 1. The molecular weight excluding hydrogens is 230 g/mol. The van der Waals surface area contributed by atoms with Crippen LogP contribution >= 0.6 is 0 Å². The number of ether oxygens (including phenoxy) is 1. The van der Waals surface area contributed by atoms with Gasteiger partial charge in [-0.2, -0.15) is 0 Å². The number of hydrogen-bond acceptors (Lipinski definition) is 5. The molecule has 0 radical (unpaired) electrons. The van der Waals surface area contributed by atoms with Crippen molar-refractivity contribution < 1.29 is 9.53 Å². The molecule has 5 nitrogen and oxygen atoms in total. The monoisotopic (exact) mass is 243 g/mol. The summed E-state index contributed by atoms with van der Waals surface area (Å²) in [7, 11) is 1.35. The van der Waals surface area contributed by atoms with E-state index in [0.29, 0.717) is 17.1 Å². The number of benzene rings is 1. The summed E-state index contributed by atoms with van der Waals surface area (Å²) in [5.74, 6) is 0.224. The number of carbonyl (C=O) groups is 1. The fourth-order valence-corrected chi connectivity index (χ4v) is 1.47. The van der Waals surface area contributed by atoms with E-state index >= 15 is 0 Å². The normalized spacial score (nSPS) is 9.83. The van der Waals surface area contributed by atoms with Gasteiger partial charge in [0.25, 0.3) is 0 Å². The summed E-state index contributed by atoms with van der Waals surface area (Å²) in [6.45, 7) is 0. The number of nitrogens with zero attached hydrogens (tertiary/aromatic N) is 1. The first kappa shape index (κ1) is 11.9. The minimum atomic E-state index is -0.362. The average molecular weight is 243 g/mol. The van der Waals surface area contributed by atoms with Crippen molar-refractivity contribution in [3.8, 4) is 0 Å². The molecule has 0 amide bonds. The number of esters is 1. The highest BCUT2D eigenvalue weighted by atomic mass is 16.5. The molecule has 18 heavy (non-hydrogen) atoms. The Morgan fingerprint density at radius 2 is 2.00 bits per heavy atom. The minimum Gasteiger partial charge on any atom is -0.465 e. The number of pyridine rings is 1. The van der Waals surface area contributed by atoms with Gasteiger partial charge in [-0.3, -0.25) is 0 Å². The molecule has 1 aromatic heterocycles. The number of nitrogens with two attached hydrogens (primary N) is 1. The molecule has 1 aromatic carbocycles. The zero-order valence-corrected chi connectivity index (χ0v) is 9.88. The van der Waals surface area contributed by atoms with Crippen molar-refractivity contribution in [1.82, 2.24) is 4.98 Å². The van der Waals surface area contributed by atoms with Crippen LogP contribution < -0.4 is 11.1 Å². The first-order valence-electron chi connectivity index (χ1n) is 5.36. The van der Waals surface area contributed by atoms with Crippen molar-refractivity contribution in [2.45, 2.75) is 0 Å². The third kappa shape index (κ3) is 2.57. The fourth-order valence-electron chi connectivity index (χ4n) is 1.47. The van der Waals surface area contributed by atoms with Gasteiger partial charge >= 0.3 is 5.97 Å². The van der Waals surface area contributed by atoms with Gasteiger partial charge in [0.05, 0.1) is 18.4 Å². The summed E-state index contributed by atoms with van der Waals surface area (Å²) < 4.78 is 4.62. The molecule has 92 valence electrons. The maximum atomic E-state index is 11.3. The van der Waals surface area contributed by atoms with Crippen molar-refractivity contribution in [2.75, 3.05) is 18.2 Å². The van der Waals surface area contributed by atoms with Crippen LogP contribution in [0.1, 0.15) is 10.4 Å². The Hall–Kier alpha value is -2.56. The predicted octanol–water partition coefficient (Wildman–Crippen LogP) is 2.19. The largest absolute Gasteiger partial charge is 0.465 e. The molecule has 5 heteroatoms. The Labute approximate surface area is 105 Å². The molecule has 2 aromatic rings. The summed E-state index contributed by atoms with van der Waals surface area (Å²) in [6.07, 6.45) is 1.65. The smallest absolute Gasteiger partial charge is 0.337 e. The first-order valence-corrected chi connectivity index (χ1v) is 5.36. The minimum absolute atomic E-state index is 0.362. The van der Waals surface area contributed by atoms with Crippen LogP contribution in [0.3, 0.4) is 0 Å². The van der Waals surface area contributed by atoms with Gasteiger partial charge in [0.15, 0.2) is 5.82 Å². The van der Waals surface area contributed by atoms with E-state index in [0.717, 1.165) is 5.69 Å². The Kier molecular flexibility index (Phi) is 3.43. The molecule has 0 atom stereocenters. The van der Waals surface area contributed by atoms with E-state index in [-0.39, 0.29) is 5.97 Å². The number of rotatable bonds is 3. The third-order valence-electron chi connectivity index (χ3n) is 2.41. The lowest BCUT2D eigenvalue weighted by Crippen LogP contribution is -2.02. The number of carbonyl (C=O) groups excluding carboxylic acids is 1. The molecule has 0 unspecified atom stereocenters. The number of aromatic nitrogens is 1. The second-order valence-electron chi connectivity index (χ2n) is 3.64. The summed E-state index contributed by atoms with van der Waals surface area (Å²) in [4.78, 5) is 15.4. The van der Waals surface area contributed by atoms with Gasteiger partial charge in [0.1, 0.15) is 0 Å². The Bertz CT molecular complexity index is 552. The molecule has 0 aliphatic rings. The molecule has 0 saturated carbocycles. The van der Waals surface area contributed by atoms with E-state index in [2.05, 4.69) is 15.0 Å². The van der Waals surface area contributed by atoms with Gasteiger partial charge in [0, 0.05) is 11.9 Å². The Balaban J connectivity index is 2.16. The molecule has 3 N–H and O–H groups in total. The van der Waals surface area contributed by atoms with Crippen LogP contribution in [0.4, 0.5) is 17.2 Å². The first-order chi connectivity index (χ1) is 8.70. The molecule has 0 saturated heterocycles. The zero-order chi connectivity index (χ0) is 13.0. The predicted molar refractivity (Wildman–Crippen MR) is 69.7 cm³/mol. The van der Waals surface area contributed by atoms with E-state index < -0.39 is 0 Å². The van der Waals surface area contributed by atoms with Crippen LogP contribution in [0.5, 0.6) is 0 Å². The van der Waals surface area contributed by atoms with E-state index in [9.17, 15) is 4.79 Å². The Morgan fingerprint density at radius 3 is 2.61 bits per heavy atom. The van der Waals surface area contributed by atoms with E-state index in [1.54, 1.807) is 42.6 Å². The summed E-state index contributed by atoms with van der Waals surface area (Å²) >= 11 is 0. The summed E-state index contributed by atoms with van der Waals surface area (Å²) in [6, 6.07) is 10.4. The Morgan fingerprint density at radius 1 is 1.28 bits per heavy atom. The fraction of sp³-hybridized carbons (Fsp3) is 0.0769. The highest BCUT2D eigenvalue weighted by Gasteiger charge is 2.05. The van der Waals surface area contributed by atoms with E-state index in [4.69, 9.17) is 5.73 Å². The van der Waals surface area contributed by atoms with Gasteiger partial charge in [0.2, 0.25) is 0 Å². The summed E-state index contributed by atoms with van der Waals surface area (Å²) in [5, 5.41) is 3.07. The molecule has 0 fully saturated rings. The van der Waals surface area contributed by atoms with Gasteiger partial charge in [-0.05, 0) is 36.4 Å². The van der Waals surface area contributed by atoms with Gasteiger partial charge in [-0.1, -0.05) is 0 Å². The van der Waals surface area contributed by atoms with Crippen molar-refractivity contribution in [3.63, 3.8) is 0 Å². The highest BCUT2D eigenvalue weighted by molar-refractivity contribution is 5.89. The second-order valence-corrected chi connectivity index (χ2v) is 3.64. The lowest BCUT2D eigenvalue weighted by atomic mass is 10.2. The molecule has 0 aliphatic heterocycles. The number of nitrogens with one attached hydrogen (secondary N) is 1. The van der Waals surface area contributed by atoms with Crippen LogP contribution in [-0.4, -0.2) is 18.1 Å². The van der Waals surface area contributed by atoms with Crippen LogP contribution in [0.15, 0.2) is 42.6 Å². The SMILES string of the molecule is COC(=O)c1ccc(Nc2ncccc2N)cc1. The zero-order valence-electron chi connectivity index (χ0n) is 9.88. The molecule has 2 rings (SSSR count).